The maximum absolute atomic E-state index is 12.5. The molecule has 4 heteroatoms. The molecule has 1 aromatic rings. The Bertz CT molecular complexity index is 511. The van der Waals surface area contributed by atoms with Gasteiger partial charge >= 0.3 is 0 Å². The van der Waals surface area contributed by atoms with Crippen molar-refractivity contribution in [2.24, 2.45) is 0 Å². The van der Waals surface area contributed by atoms with E-state index in [0.717, 1.165) is 24.7 Å². The molecule has 1 aromatic heterocycles. The second kappa shape index (κ2) is 5.58. The molecule has 0 aliphatic carbocycles. The number of thiophene rings is 1. The van der Waals surface area contributed by atoms with Crippen LogP contribution in [-0.4, -0.2) is 54.3 Å². The summed E-state index contributed by atoms with van der Waals surface area (Å²) in [6.45, 7) is 6.85. The van der Waals surface area contributed by atoms with Gasteiger partial charge in [0.25, 0.3) is 0 Å². The Kier molecular flexibility index (Phi) is 3.98. The van der Waals surface area contributed by atoms with E-state index in [0.29, 0.717) is 18.4 Å². The number of ketones is 1. The number of likely N-dealkylation sites (tertiary alicyclic amines) is 1. The molecule has 3 rings (SSSR count). The average Bonchev–Trinajstić information content (AvgIpc) is 2.83. The van der Waals surface area contributed by atoms with Crippen molar-refractivity contribution >= 4 is 17.1 Å². The second-order valence-electron chi connectivity index (χ2n) is 6.32. The third-order valence-electron chi connectivity index (χ3n) is 4.94. The third kappa shape index (κ3) is 2.69. The largest absolute Gasteiger partial charge is 0.299 e. The number of fused-ring (bicyclic) bond motifs is 2. The van der Waals surface area contributed by atoms with E-state index in [-0.39, 0.29) is 0 Å². The number of Topliss-reactive ketones (excluding diaryl/α,β-unsaturated/α-hetero) is 1. The second-order valence-corrected chi connectivity index (χ2v) is 7.78. The molecular formula is C16H24N2OS. The van der Waals surface area contributed by atoms with Crippen molar-refractivity contribution < 1.29 is 4.79 Å². The van der Waals surface area contributed by atoms with Gasteiger partial charge in [0.1, 0.15) is 0 Å². The van der Waals surface area contributed by atoms with Crippen molar-refractivity contribution in [1.29, 1.82) is 0 Å². The molecular weight excluding hydrogens is 268 g/mol. The fourth-order valence-electron chi connectivity index (χ4n) is 3.72. The minimum absolute atomic E-state index is 0.298. The summed E-state index contributed by atoms with van der Waals surface area (Å²) in [5.41, 5.74) is 0.940. The summed E-state index contributed by atoms with van der Waals surface area (Å²) in [4.78, 5) is 19.8. The molecule has 2 aliphatic heterocycles. The van der Waals surface area contributed by atoms with Crippen molar-refractivity contribution in [3.8, 4) is 0 Å². The zero-order valence-electron chi connectivity index (χ0n) is 12.7. The Hall–Kier alpha value is -0.710. The summed E-state index contributed by atoms with van der Waals surface area (Å²) in [6.07, 6.45) is 3.84. The van der Waals surface area contributed by atoms with Gasteiger partial charge in [-0.15, -0.1) is 11.3 Å². The minimum atomic E-state index is 0.298. The molecule has 0 N–H and O–H groups in total. The topological polar surface area (TPSA) is 23.6 Å². The molecule has 0 saturated carbocycles. The van der Waals surface area contributed by atoms with E-state index in [1.165, 1.54) is 29.0 Å². The number of carbonyl (C=O) groups is 1. The molecule has 2 saturated heterocycles. The summed E-state index contributed by atoms with van der Waals surface area (Å²) in [5.74, 6) is 0.298. The molecule has 0 radical (unpaired) electrons. The fraction of sp³-hybridized carbons (Fsp3) is 0.688. The van der Waals surface area contributed by atoms with Gasteiger partial charge in [-0.2, -0.15) is 0 Å². The first-order chi connectivity index (χ1) is 9.54. The van der Waals surface area contributed by atoms with Crippen LogP contribution >= 0.6 is 11.3 Å². The van der Waals surface area contributed by atoms with Gasteiger partial charge in [0.2, 0.25) is 0 Å². The van der Waals surface area contributed by atoms with Crippen LogP contribution in [0.4, 0.5) is 0 Å². The highest BCUT2D eigenvalue weighted by Gasteiger charge is 2.35. The molecule has 0 spiro atoms. The SMILES string of the molecule is Cc1cc(C(=O)CN2CCC3CCC(C2)N3C)c(C)s1. The molecule has 3 heterocycles. The Labute approximate surface area is 125 Å². The van der Waals surface area contributed by atoms with Crippen molar-refractivity contribution in [2.75, 3.05) is 26.7 Å². The lowest BCUT2D eigenvalue weighted by Crippen LogP contribution is -2.38. The first-order valence-corrected chi connectivity index (χ1v) is 8.41. The van der Waals surface area contributed by atoms with Crippen LogP contribution in [0.2, 0.25) is 0 Å². The van der Waals surface area contributed by atoms with Crippen LogP contribution in [0.3, 0.4) is 0 Å². The molecule has 2 fully saturated rings. The Morgan fingerprint density at radius 2 is 2.05 bits per heavy atom. The van der Waals surface area contributed by atoms with Crippen molar-refractivity contribution in [3.05, 3.63) is 21.4 Å². The Morgan fingerprint density at radius 3 is 2.75 bits per heavy atom. The van der Waals surface area contributed by atoms with Crippen LogP contribution in [-0.2, 0) is 0 Å². The number of hydrogen-bond donors (Lipinski definition) is 0. The first kappa shape index (κ1) is 14.2. The lowest BCUT2D eigenvalue weighted by molar-refractivity contribution is 0.0923. The summed E-state index contributed by atoms with van der Waals surface area (Å²) in [6, 6.07) is 3.45. The monoisotopic (exact) mass is 292 g/mol. The quantitative estimate of drug-likeness (QED) is 0.800. The van der Waals surface area contributed by atoms with E-state index in [1.54, 1.807) is 11.3 Å². The molecule has 0 amide bonds. The fourth-order valence-corrected chi connectivity index (χ4v) is 4.66. The summed E-state index contributed by atoms with van der Waals surface area (Å²) < 4.78 is 0. The van der Waals surface area contributed by atoms with Crippen LogP contribution in [0.5, 0.6) is 0 Å². The van der Waals surface area contributed by atoms with E-state index in [1.807, 2.05) is 0 Å². The molecule has 2 bridgehead atoms. The van der Waals surface area contributed by atoms with Gasteiger partial charge in [-0.1, -0.05) is 0 Å². The third-order valence-corrected chi connectivity index (χ3v) is 5.91. The number of rotatable bonds is 3. The maximum atomic E-state index is 12.5. The predicted molar refractivity (Wildman–Crippen MR) is 83.8 cm³/mol. The van der Waals surface area contributed by atoms with Gasteiger partial charge in [-0.3, -0.25) is 14.6 Å². The molecule has 110 valence electrons. The minimum Gasteiger partial charge on any atom is -0.299 e. The number of likely N-dealkylation sites (N-methyl/N-ethyl adjacent to an activating group) is 1. The molecule has 3 nitrogen and oxygen atoms in total. The number of aryl methyl sites for hydroxylation is 2. The van der Waals surface area contributed by atoms with Gasteiger partial charge in [-0.05, 0) is 46.2 Å². The van der Waals surface area contributed by atoms with Crippen molar-refractivity contribution in [1.82, 2.24) is 9.80 Å². The van der Waals surface area contributed by atoms with Crippen molar-refractivity contribution in [2.45, 2.75) is 45.2 Å². The molecule has 2 atom stereocenters. The Morgan fingerprint density at radius 1 is 1.30 bits per heavy atom. The number of nitrogens with zero attached hydrogens (tertiary/aromatic N) is 2. The smallest absolute Gasteiger partial charge is 0.177 e. The zero-order chi connectivity index (χ0) is 14.3. The predicted octanol–water partition coefficient (Wildman–Crippen LogP) is 2.72. The molecule has 2 aliphatic rings. The van der Waals surface area contributed by atoms with Crippen LogP contribution in [0.15, 0.2) is 6.07 Å². The van der Waals surface area contributed by atoms with E-state index < -0.39 is 0 Å². The zero-order valence-corrected chi connectivity index (χ0v) is 13.5. The number of carbonyl (C=O) groups excluding carboxylic acids is 1. The molecule has 2 unspecified atom stereocenters. The van der Waals surface area contributed by atoms with Crippen molar-refractivity contribution in [3.63, 3.8) is 0 Å². The highest BCUT2D eigenvalue weighted by atomic mass is 32.1. The Balaban J connectivity index is 1.66. The van der Waals surface area contributed by atoms with Gasteiger partial charge in [0.05, 0.1) is 6.54 Å². The summed E-state index contributed by atoms with van der Waals surface area (Å²) in [5, 5.41) is 0. The van der Waals surface area contributed by atoms with Gasteiger partial charge in [-0.25, -0.2) is 0 Å². The highest BCUT2D eigenvalue weighted by Crippen LogP contribution is 2.29. The maximum Gasteiger partial charge on any atom is 0.177 e. The van der Waals surface area contributed by atoms with Gasteiger partial charge < -0.3 is 0 Å². The summed E-state index contributed by atoms with van der Waals surface area (Å²) >= 11 is 1.73. The molecule has 0 aromatic carbocycles. The van der Waals surface area contributed by atoms with Gasteiger partial charge in [0, 0.05) is 40.5 Å². The van der Waals surface area contributed by atoms with Gasteiger partial charge in [0.15, 0.2) is 5.78 Å². The van der Waals surface area contributed by atoms with E-state index >= 15 is 0 Å². The normalized spacial score (nSPS) is 27.8. The van der Waals surface area contributed by atoms with Crippen LogP contribution in [0.1, 0.15) is 39.4 Å². The summed E-state index contributed by atoms with van der Waals surface area (Å²) in [7, 11) is 2.25. The van der Waals surface area contributed by atoms with Crippen LogP contribution in [0.25, 0.3) is 0 Å². The molecule has 20 heavy (non-hydrogen) atoms. The lowest BCUT2D eigenvalue weighted by atomic mass is 10.1. The average molecular weight is 292 g/mol. The first-order valence-electron chi connectivity index (χ1n) is 7.59. The number of hydrogen-bond acceptors (Lipinski definition) is 4. The van der Waals surface area contributed by atoms with Crippen LogP contribution in [0, 0.1) is 13.8 Å². The highest BCUT2D eigenvalue weighted by molar-refractivity contribution is 7.12. The standard InChI is InChI=1S/C16H24N2OS/c1-11-8-15(12(2)20-11)16(19)10-18-7-6-13-4-5-14(9-18)17(13)3/h8,13-14H,4-7,9-10H2,1-3H3. The van der Waals surface area contributed by atoms with E-state index in [2.05, 4.69) is 36.8 Å². The van der Waals surface area contributed by atoms with Crippen LogP contribution < -0.4 is 0 Å². The van der Waals surface area contributed by atoms with E-state index in [4.69, 9.17) is 0 Å². The lowest BCUT2D eigenvalue weighted by Gasteiger charge is -2.25. The van der Waals surface area contributed by atoms with E-state index in [9.17, 15) is 4.79 Å².